The number of amides is 1. The molecule has 1 saturated heterocycles. The van der Waals surface area contributed by atoms with Crippen LogP contribution in [-0.2, 0) is 4.79 Å². The molecule has 1 aromatic carbocycles. The standard InChI is InChI=1S/C18H29N3O2/c1-13(15-7-5-6-8-16(15)23-4)20-17(22)14(2)21-10-9-18(3,11-19)12-21/h5-8,13-14H,9-12,19H2,1-4H3,(H,20,22). The molecule has 1 aliphatic heterocycles. The fraction of sp³-hybridized carbons (Fsp3) is 0.611. The predicted octanol–water partition coefficient (Wildman–Crippen LogP) is 1.93. The number of nitrogens with two attached hydrogens (primary N) is 1. The number of nitrogens with one attached hydrogen (secondary N) is 1. The Balaban J connectivity index is 1.98. The van der Waals surface area contributed by atoms with Gasteiger partial charge in [0.15, 0.2) is 0 Å². The van der Waals surface area contributed by atoms with E-state index in [9.17, 15) is 4.79 Å². The van der Waals surface area contributed by atoms with Crippen LogP contribution in [0.1, 0.15) is 38.8 Å². The second-order valence-electron chi connectivity index (χ2n) is 6.88. The Hall–Kier alpha value is -1.59. The number of carbonyl (C=O) groups is 1. The van der Waals surface area contributed by atoms with E-state index in [2.05, 4.69) is 17.1 Å². The Kier molecular flexibility index (Phi) is 5.65. The molecule has 3 unspecified atom stereocenters. The van der Waals surface area contributed by atoms with E-state index in [0.29, 0.717) is 6.54 Å². The summed E-state index contributed by atoms with van der Waals surface area (Å²) >= 11 is 0. The zero-order valence-corrected chi connectivity index (χ0v) is 14.6. The number of methoxy groups -OCH3 is 1. The molecule has 0 saturated carbocycles. The van der Waals surface area contributed by atoms with Gasteiger partial charge in [0, 0.05) is 12.1 Å². The monoisotopic (exact) mass is 319 g/mol. The molecule has 0 aliphatic carbocycles. The fourth-order valence-electron chi connectivity index (χ4n) is 3.16. The van der Waals surface area contributed by atoms with Crippen LogP contribution in [0.5, 0.6) is 5.75 Å². The minimum Gasteiger partial charge on any atom is -0.496 e. The number of para-hydroxylation sites is 1. The molecule has 0 radical (unpaired) electrons. The van der Waals surface area contributed by atoms with Crippen LogP contribution < -0.4 is 15.8 Å². The molecule has 23 heavy (non-hydrogen) atoms. The first-order chi connectivity index (χ1) is 10.9. The van der Waals surface area contributed by atoms with Crippen molar-refractivity contribution in [1.29, 1.82) is 0 Å². The second kappa shape index (κ2) is 7.32. The average Bonchev–Trinajstić information content (AvgIpc) is 2.97. The Morgan fingerprint density at radius 1 is 1.43 bits per heavy atom. The van der Waals surface area contributed by atoms with Crippen molar-refractivity contribution in [2.24, 2.45) is 11.1 Å². The van der Waals surface area contributed by atoms with Gasteiger partial charge in [0.1, 0.15) is 5.75 Å². The highest BCUT2D eigenvalue weighted by atomic mass is 16.5. The van der Waals surface area contributed by atoms with Gasteiger partial charge in [0.25, 0.3) is 0 Å². The lowest BCUT2D eigenvalue weighted by molar-refractivity contribution is -0.126. The molecule has 3 N–H and O–H groups in total. The summed E-state index contributed by atoms with van der Waals surface area (Å²) in [6.07, 6.45) is 1.04. The third-order valence-electron chi connectivity index (χ3n) is 4.97. The van der Waals surface area contributed by atoms with Crippen molar-refractivity contribution in [3.8, 4) is 5.75 Å². The van der Waals surface area contributed by atoms with E-state index in [1.54, 1.807) is 7.11 Å². The largest absolute Gasteiger partial charge is 0.496 e. The molecule has 3 atom stereocenters. The van der Waals surface area contributed by atoms with E-state index in [1.165, 1.54) is 0 Å². The Labute approximate surface area is 139 Å². The number of hydrogen-bond donors (Lipinski definition) is 2. The minimum atomic E-state index is -0.152. The van der Waals surface area contributed by atoms with Gasteiger partial charge in [-0.2, -0.15) is 0 Å². The zero-order valence-electron chi connectivity index (χ0n) is 14.6. The Morgan fingerprint density at radius 3 is 2.74 bits per heavy atom. The van der Waals surface area contributed by atoms with Crippen LogP contribution in [0, 0.1) is 5.41 Å². The third-order valence-corrected chi connectivity index (χ3v) is 4.97. The first-order valence-corrected chi connectivity index (χ1v) is 8.27. The van der Waals surface area contributed by atoms with Gasteiger partial charge in [-0.3, -0.25) is 9.69 Å². The topological polar surface area (TPSA) is 67.6 Å². The van der Waals surface area contributed by atoms with Crippen molar-refractivity contribution >= 4 is 5.91 Å². The highest BCUT2D eigenvalue weighted by Gasteiger charge is 2.36. The van der Waals surface area contributed by atoms with Gasteiger partial charge in [-0.1, -0.05) is 25.1 Å². The lowest BCUT2D eigenvalue weighted by Gasteiger charge is -2.28. The van der Waals surface area contributed by atoms with E-state index in [1.807, 2.05) is 38.1 Å². The summed E-state index contributed by atoms with van der Waals surface area (Å²) in [6.45, 7) is 8.60. The molecule has 128 valence electrons. The molecular weight excluding hydrogens is 290 g/mol. The molecule has 2 rings (SSSR count). The van der Waals surface area contributed by atoms with Gasteiger partial charge in [-0.15, -0.1) is 0 Å². The summed E-state index contributed by atoms with van der Waals surface area (Å²) in [4.78, 5) is 14.8. The molecule has 1 aromatic rings. The number of nitrogens with zero attached hydrogens (tertiary/aromatic N) is 1. The summed E-state index contributed by atoms with van der Waals surface area (Å²) in [7, 11) is 1.65. The number of likely N-dealkylation sites (tertiary alicyclic amines) is 1. The van der Waals surface area contributed by atoms with Crippen LogP contribution in [0.3, 0.4) is 0 Å². The molecule has 0 spiro atoms. The molecule has 0 bridgehead atoms. The number of benzene rings is 1. The first-order valence-electron chi connectivity index (χ1n) is 8.27. The summed E-state index contributed by atoms with van der Waals surface area (Å²) in [5.74, 6) is 0.842. The van der Waals surface area contributed by atoms with E-state index in [4.69, 9.17) is 10.5 Å². The van der Waals surface area contributed by atoms with Gasteiger partial charge >= 0.3 is 0 Å². The van der Waals surface area contributed by atoms with Gasteiger partial charge in [0.2, 0.25) is 5.91 Å². The molecule has 1 fully saturated rings. The summed E-state index contributed by atoms with van der Waals surface area (Å²) < 4.78 is 5.37. The number of hydrogen-bond acceptors (Lipinski definition) is 4. The third kappa shape index (κ3) is 4.03. The SMILES string of the molecule is COc1ccccc1C(C)NC(=O)C(C)N1CCC(C)(CN)C1. The lowest BCUT2D eigenvalue weighted by Crippen LogP contribution is -2.46. The van der Waals surface area contributed by atoms with E-state index < -0.39 is 0 Å². The molecule has 1 aliphatic rings. The Morgan fingerprint density at radius 2 is 2.13 bits per heavy atom. The average molecular weight is 319 g/mol. The van der Waals surface area contributed by atoms with Gasteiger partial charge in [-0.05, 0) is 44.8 Å². The minimum absolute atomic E-state index is 0.0460. The van der Waals surface area contributed by atoms with E-state index in [0.717, 1.165) is 30.8 Å². The van der Waals surface area contributed by atoms with Crippen LogP contribution >= 0.6 is 0 Å². The van der Waals surface area contributed by atoms with E-state index >= 15 is 0 Å². The van der Waals surface area contributed by atoms with Gasteiger partial charge in [-0.25, -0.2) is 0 Å². The molecule has 0 aromatic heterocycles. The van der Waals surface area contributed by atoms with E-state index in [-0.39, 0.29) is 23.4 Å². The summed E-state index contributed by atoms with van der Waals surface area (Å²) in [6, 6.07) is 7.53. The van der Waals surface area contributed by atoms with Crippen molar-refractivity contribution in [2.45, 2.75) is 39.3 Å². The number of carbonyl (C=O) groups excluding carboxylic acids is 1. The molecular formula is C18H29N3O2. The normalized spacial score (nSPS) is 24.2. The van der Waals surface area contributed by atoms with Crippen molar-refractivity contribution in [3.63, 3.8) is 0 Å². The Bertz CT molecular complexity index is 549. The first kappa shape index (κ1) is 17.8. The maximum Gasteiger partial charge on any atom is 0.237 e. The smallest absolute Gasteiger partial charge is 0.237 e. The molecule has 1 heterocycles. The molecule has 5 nitrogen and oxygen atoms in total. The second-order valence-corrected chi connectivity index (χ2v) is 6.88. The molecule has 1 amide bonds. The maximum atomic E-state index is 12.6. The lowest BCUT2D eigenvalue weighted by atomic mass is 9.90. The van der Waals surface area contributed by atoms with Crippen molar-refractivity contribution < 1.29 is 9.53 Å². The van der Waals surface area contributed by atoms with Crippen molar-refractivity contribution in [3.05, 3.63) is 29.8 Å². The van der Waals surface area contributed by atoms with Gasteiger partial charge < -0.3 is 15.8 Å². The maximum absolute atomic E-state index is 12.6. The summed E-state index contributed by atoms with van der Waals surface area (Å²) in [5.41, 5.74) is 6.97. The molecule has 5 heteroatoms. The quantitative estimate of drug-likeness (QED) is 0.841. The summed E-state index contributed by atoms with van der Waals surface area (Å²) in [5, 5.41) is 3.10. The van der Waals surface area contributed by atoms with Crippen LogP contribution in [0.25, 0.3) is 0 Å². The van der Waals surface area contributed by atoms with Crippen molar-refractivity contribution in [2.75, 3.05) is 26.7 Å². The van der Waals surface area contributed by atoms with Gasteiger partial charge in [0.05, 0.1) is 19.2 Å². The zero-order chi connectivity index (χ0) is 17.0. The van der Waals surface area contributed by atoms with Crippen LogP contribution in [0.4, 0.5) is 0 Å². The highest BCUT2D eigenvalue weighted by molar-refractivity contribution is 5.81. The number of ether oxygens (including phenoxy) is 1. The van der Waals surface area contributed by atoms with Crippen LogP contribution in [0.15, 0.2) is 24.3 Å². The van der Waals surface area contributed by atoms with Crippen LogP contribution in [-0.4, -0.2) is 43.6 Å². The van der Waals surface area contributed by atoms with Crippen LogP contribution in [0.2, 0.25) is 0 Å². The highest BCUT2D eigenvalue weighted by Crippen LogP contribution is 2.30. The predicted molar refractivity (Wildman–Crippen MR) is 92.4 cm³/mol. The number of rotatable bonds is 6. The van der Waals surface area contributed by atoms with Crippen molar-refractivity contribution in [1.82, 2.24) is 10.2 Å². The fourth-order valence-corrected chi connectivity index (χ4v) is 3.16.